The first-order valence-electron chi connectivity index (χ1n) is 8.31. The number of ketones is 1. The fourth-order valence-corrected chi connectivity index (χ4v) is 2.38. The summed E-state index contributed by atoms with van der Waals surface area (Å²) in [5.41, 5.74) is 2.87. The number of aliphatic hydroxyl groups excluding tert-OH is 2. The van der Waals surface area contributed by atoms with Gasteiger partial charge in [0.1, 0.15) is 17.3 Å². The number of carbonyl (C=O) groups excluding carboxylic acids is 1. The van der Waals surface area contributed by atoms with Crippen LogP contribution in [0.15, 0.2) is 60.4 Å². The molecule has 0 unspecified atom stereocenters. The van der Waals surface area contributed by atoms with Crippen LogP contribution in [-0.2, 0) is 11.4 Å². The van der Waals surface area contributed by atoms with Crippen LogP contribution in [0, 0.1) is 6.92 Å². The topological polar surface area (TPSA) is 87.0 Å². The molecular formula is C22H22O5. The van der Waals surface area contributed by atoms with E-state index in [1.54, 1.807) is 31.4 Å². The average molecular weight is 366 g/mol. The quantitative estimate of drug-likeness (QED) is 0.392. The molecule has 2 rings (SSSR count). The van der Waals surface area contributed by atoms with E-state index in [1.807, 2.05) is 25.1 Å². The van der Waals surface area contributed by atoms with E-state index in [-0.39, 0.29) is 23.9 Å². The van der Waals surface area contributed by atoms with Crippen LogP contribution in [0.5, 0.6) is 11.5 Å². The van der Waals surface area contributed by atoms with Crippen LogP contribution in [-0.4, -0.2) is 28.2 Å². The molecular weight excluding hydrogens is 344 g/mol. The lowest BCUT2D eigenvalue weighted by molar-refractivity contribution is -0.110. The maximum absolute atomic E-state index is 12.0. The Hall–Kier alpha value is -3.31. The van der Waals surface area contributed by atoms with Gasteiger partial charge in [-0.15, -0.1) is 0 Å². The van der Waals surface area contributed by atoms with Crippen molar-refractivity contribution in [3.63, 3.8) is 0 Å². The summed E-state index contributed by atoms with van der Waals surface area (Å²) >= 11 is 0. The van der Waals surface area contributed by atoms with Crippen LogP contribution in [0.2, 0.25) is 0 Å². The van der Waals surface area contributed by atoms with E-state index < -0.39 is 0 Å². The Morgan fingerprint density at radius 2 is 1.74 bits per heavy atom. The van der Waals surface area contributed by atoms with Crippen LogP contribution in [0.1, 0.15) is 22.3 Å². The predicted octanol–water partition coefficient (Wildman–Crippen LogP) is 3.94. The zero-order valence-corrected chi connectivity index (χ0v) is 15.2. The summed E-state index contributed by atoms with van der Waals surface area (Å²) in [5.74, 6) is 0.174. The third-order valence-electron chi connectivity index (χ3n) is 3.88. The Balaban J connectivity index is 2.05. The van der Waals surface area contributed by atoms with Crippen LogP contribution >= 0.6 is 0 Å². The van der Waals surface area contributed by atoms with Gasteiger partial charge in [-0.25, -0.2) is 0 Å². The average Bonchev–Trinajstić information content (AvgIpc) is 2.66. The minimum Gasteiger partial charge on any atom is -0.508 e. The van der Waals surface area contributed by atoms with Crippen molar-refractivity contribution < 1.29 is 24.9 Å². The molecule has 27 heavy (non-hydrogen) atoms. The molecule has 0 heterocycles. The van der Waals surface area contributed by atoms with Gasteiger partial charge in [-0.1, -0.05) is 30.4 Å². The number of aliphatic hydroxyl groups is 2. The number of ether oxygens (including phenoxy) is 1. The fourth-order valence-electron chi connectivity index (χ4n) is 2.38. The van der Waals surface area contributed by atoms with E-state index in [2.05, 4.69) is 0 Å². The fraction of sp³-hybridized carbons (Fsp3) is 0.136. The third kappa shape index (κ3) is 5.87. The molecule has 2 aromatic rings. The van der Waals surface area contributed by atoms with Gasteiger partial charge < -0.3 is 20.1 Å². The maximum atomic E-state index is 12.0. The summed E-state index contributed by atoms with van der Waals surface area (Å²) in [5, 5.41) is 28.5. The zero-order valence-electron chi connectivity index (χ0n) is 15.2. The molecule has 0 fully saturated rings. The second-order valence-corrected chi connectivity index (χ2v) is 5.91. The molecule has 140 valence electrons. The summed E-state index contributed by atoms with van der Waals surface area (Å²) in [6, 6.07) is 10.3. The van der Waals surface area contributed by atoms with E-state index >= 15 is 0 Å². The molecule has 0 amide bonds. The van der Waals surface area contributed by atoms with Gasteiger partial charge in [0.15, 0.2) is 5.78 Å². The van der Waals surface area contributed by atoms with Crippen molar-refractivity contribution in [2.24, 2.45) is 0 Å². The standard InChI is InChI=1S/C22H22O5/c1-15-3-4-17(12-22(15)27-2)6-9-20(25)13-19(24)8-5-16-7-10-21(26)18(11-16)14-23/h3-13,23-24,26H,14H2,1-2H3/b8-5+,9-6+,19-13-. The highest BCUT2D eigenvalue weighted by Gasteiger charge is 2.01. The van der Waals surface area contributed by atoms with Gasteiger partial charge in [-0.05, 0) is 54.0 Å². The van der Waals surface area contributed by atoms with E-state index in [1.165, 1.54) is 18.2 Å². The Kier molecular flexibility index (Phi) is 6.97. The molecule has 0 bridgehead atoms. The predicted molar refractivity (Wildman–Crippen MR) is 106 cm³/mol. The van der Waals surface area contributed by atoms with E-state index in [0.717, 1.165) is 23.0 Å². The number of hydrogen-bond acceptors (Lipinski definition) is 5. The van der Waals surface area contributed by atoms with Crippen molar-refractivity contribution in [3.8, 4) is 11.5 Å². The van der Waals surface area contributed by atoms with Crippen molar-refractivity contribution >= 4 is 17.9 Å². The number of benzene rings is 2. The lowest BCUT2D eigenvalue weighted by Crippen LogP contribution is -1.90. The normalized spacial score (nSPS) is 12.0. The smallest absolute Gasteiger partial charge is 0.182 e. The van der Waals surface area contributed by atoms with Crippen LogP contribution in [0.3, 0.4) is 0 Å². The minimum absolute atomic E-state index is 0.00228. The van der Waals surface area contributed by atoms with Crippen LogP contribution in [0.4, 0.5) is 0 Å². The first kappa shape index (κ1) is 20.0. The van der Waals surface area contributed by atoms with Crippen molar-refractivity contribution in [3.05, 3.63) is 82.6 Å². The van der Waals surface area contributed by atoms with Crippen molar-refractivity contribution in [2.45, 2.75) is 13.5 Å². The largest absolute Gasteiger partial charge is 0.508 e. The summed E-state index contributed by atoms with van der Waals surface area (Å²) in [6.07, 6.45) is 7.05. The number of methoxy groups -OCH3 is 1. The van der Waals surface area contributed by atoms with Gasteiger partial charge in [0, 0.05) is 11.6 Å². The molecule has 0 aromatic heterocycles. The first-order valence-corrected chi connectivity index (χ1v) is 8.31. The van der Waals surface area contributed by atoms with Gasteiger partial charge in [-0.3, -0.25) is 4.79 Å². The molecule has 0 saturated heterocycles. The lowest BCUT2D eigenvalue weighted by atomic mass is 10.1. The van der Waals surface area contributed by atoms with Gasteiger partial charge >= 0.3 is 0 Å². The number of rotatable bonds is 7. The Labute approximate surface area is 158 Å². The number of hydrogen-bond donors (Lipinski definition) is 3. The van der Waals surface area contributed by atoms with Gasteiger partial charge in [-0.2, -0.15) is 0 Å². The highest BCUT2D eigenvalue weighted by Crippen LogP contribution is 2.20. The molecule has 3 N–H and O–H groups in total. The molecule has 0 atom stereocenters. The summed E-state index contributed by atoms with van der Waals surface area (Å²) < 4.78 is 5.24. The molecule has 0 aliphatic rings. The number of phenols is 1. The number of aryl methyl sites for hydroxylation is 1. The van der Waals surface area contributed by atoms with Gasteiger partial charge in [0.05, 0.1) is 13.7 Å². The SMILES string of the molecule is COc1cc(/C=C/C(=O)/C=C(O)/C=C/c2ccc(O)c(CO)c2)ccc1C. The molecule has 0 aliphatic carbocycles. The van der Waals surface area contributed by atoms with Gasteiger partial charge in [0.25, 0.3) is 0 Å². The lowest BCUT2D eigenvalue weighted by Gasteiger charge is -2.04. The second kappa shape index (κ2) is 9.40. The molecule has 0 aliphatic heterocycles. The Morgan fingerprint density at radius 1 is 1.07 bits per heavy atom. The molecule has 0 spiro atoms. The first-order chi connectivity index (χ1) is 12.9. The zero-order chi connectivity index (χ0) is 19.8. The monoisotopic (exact) mass is 366 g/mol. The minimum atomic E-state index is -0.363. The van der Waals surface area contributed by atoms with Crippen molar-refractivity contribution in [1.82, 2.24) is 0 Å². The molecule has 0 radical (unpaired) electrons. The molecule has 5 nitrogen and oxygen atoms in total. The Bertz CT molecular complexity index is 907. The van der Waals surface area contributed by atoms with Crippen LogP contribution < -0.4 is 4.74 Å². The third-order valence-corrected chi connectivity index (χ3v) is 3.88. The summed E-state index contributed by atoms with van der Waals surface area (Å²) in [7, 11) is 1.59. The number of allylic oxidation sites excluding steroid dienone is 3. The number of carbonyl (C=O) groups is 1. The Morgan fingerprint density at radius 3 is 2.44 bits per heavy atom. The molecule has 0 saturated carbocycles. The molecule has 2 aromatic carbocycles. The highest BCUT2D eigenvalue weighted by molar-refractivity contribution is 6.02. The number of aromatic hydroxyl groups is 1. The maximum Gasteiger partial charge on any atom is 0.182 e. The van der Waals surface area contributed by atoms with Crippen molar-refractivity contribution in [1.29, 1.82) is 0 Å². The van der Waals surface area contributed by atoms with E-state index in [4.69, 9.17) is 9.84 Å². The van der Waals surface area contributed by atoms with E-state index in [0.29, 0.717) is 11.1 Å². The van der Waals surface area contributed by atoms with Crippen LogP contribution in [0.25, 0.3) is 12.2 Å². The molecule has 5 heteroatoms. The highest BCUT2D eigenvalue weighted by atomic mass is 16.5. The summed E-state index contributed by atoms with van der Waals surface area (Å²) in [6.45, 7) is 1.64. The summed E-state index contributed by atoms with van der Waals surface area (Å²) in [4.78, 5) is 12.0. The van der Waals surface area contributed by atoms with Crippen molar-refractivity contribution in [2.75, 3.05) is 7.11 Å². The van der Waals surface area contributed by atoms with Gasteiger partial charge in [0.2, 0.25) is 0 Å². The second-order valence-electron chi connectivity index (χ2n) is 5.91. The van der Waals surface area contributed by atoms with E-state index in [9.17, 15) is 15.0 Å².